The molecule has 5 rings (SSSR count). The van der Waals surface area contributed by atoms with Crippen LogP contribution in [0.15, 0.2) is 60.0 Å². The largest absolute Gasteiger partial charge is 0.355 e. The van der Waals surface area contributed by atoms with Gasteiger partial charge >= 0.3 is 5.69 Å². The van der Waals surface area contributed by atoms with Gasteiger partial charge in [-0.15, -0.1) is 0 Å². The highest BCUT2D eigenvalue weighted by Gasteiger charge is 2.30. The maximum absolute atomic E-state index is 14.1. The van der Waals surface area contributed by atoms with Crippen LogP contribution in [0.2, 0.25) is 5.02 Å². The van der Waals surface area contributed by atoms with E-state index in [1.54, 1.807) is 35.4 Å². The van der Waals surface area contributed by atoms with Crippen LogP contribution in [0.4, 0.5) is 5.82 Å². The number of amides is 1. The van der Waals surface area contributed by atoms with Gasteiger partial charge in [0.15, 0.2) is 11.9 Å². The average molecular weight is 585 g/mol. The zero-order chi connectivity index (χ0) is 30.1. The molecule has 0 N–H and O–H groups in total. The monoisotopic (exact) mass is 584 g/mol. The van der Waals surface area contributed by atoms with E-state index in [4.69, 9.17) is 16.6 Å². The number of nitrogens with zero attached hydrogens (tertiary/aromatic N) is 6. The third kappa shape index (κ3) is 5.09. The fourth-order valence-corrected chi connectivity index (χ4v) is 5.86. The highest BCUT2D eigenvalue weighted by molar-refractivity contribution is 6.34. The van der Waals surface area contributed by atoms with Crippen molar-refractivity contribution in [2.75, 3.05) is 24.5 Å². The minimum absolute atomic E-state index is 0.0196. The van der Waals surface area contributed by atoms with Crippen molar-refractivity contribution in [2.24, 2.45) is 0 Å². The van der Waals surface area contributed by atoms with Crippen LogP contribution in [0.3, 0.4) is 0 Å². The Labute approximate surface area is 249 Å². The van der Waals surface area contributed by atoms with Crippen molar-refractivity contribution in [2.45, 2.75) is 46.1 Å². The molecular weight excluding hydrogens is 552 g/mol. The summed E-state index contributed by atoms with van der Waals surface area (Å²) < 4.78 is 1.53. The molecule has 1 amide bonds. The first kappa shape index (κ1) is 29.1. The van der Waals surface area contributed by atoms with Gasteiger partial charge in [-0.1, -0.05) is 63.2 Å². The molecule has 1 aliphatic rings. The van der Waals surface area contributed by atoms with Gasteiger partial charge in [-0.25, -0.2) is 14.3 Å². The van der Waals surface area contributed by atoms with E-state index in [9.17, 15) is 14.4 Å². The van der Waals surface area contributed by atoms with E-state index < -0.39 is 5.69 Å². The van der Waals surface area contributed by atoms with E-state index in [0.29, 0.717) is 70.4 Å². The number of carbonyl (C=O) groups excluding carboxylic acids is 2. The Hall–Kier alpha value is -4.37. The molecule has 10 heteroatoms. The van der Waals surface area contributed by atoms with Crippen LogP contribution in [-0.4, -0.2) is 62.3 Å². The average Bonchev–Trinajstić information content (AvgIpc) is 2.99. The fraction of sp³-hybridized carbons (Fsp3) is 0.312. The standard InChI is InChI=1S/C32H33ClN6O3/c1-6-21-12-13-34-27(19(3)4)29(21)39-31-24(16-25(33)28(35-31)23-11-9-8-10-22(23)18-40)30(36-32(39)42)38-15-14-37(17-20(38)5)26(41)7-2/h7-13,16,18-20H,2,6,14-15,17H2,1,3-5H3/t20-/m0/s1. The second-order valence-corrected chi connectivity index (χ2v) is 11.1. The second-order valence-electron chi connectivity index (χ2n) is 10.7. The molecule has 42 heavy (non-hydrogen) atoms. The minimum atomic E-state index is -0.497. The van der Waals surface area contributed by atoms with Crippen molar-refractivity contribution < 1.29 is 9.59 Å². The van der Waals surface area contributed by atoms with Crippen LogP contribution in [0.25, 0.3) is 28.0 Å². The summed E-state index contributed by atoms with van der Waals surface area (Å²) in [5.41, 5.74) is 3.60. The van der Waals surface area contributed by atoms with Gasteiger partial charge in [-0.3, -0.25) is 14.6 Å². The Balaban J connectivity index is 1.84. The van der Waals surface area contributed by atoms with E-state index in [-0.39, 0.29) is 17.9 Å². The van der Waals surface area contributed by atoms with Gasteiger partial charge in [0, 0.05) is 43.0 Å². The number of piperazine rings is 1. The van der Waals surface area contributed by atoms with Crippen molar-refractivity contribution >= 4 is 40.6 Å². The number of aromatic nitrogens is 4. The third-order valence-corrected chi connectivity index (χ3v) is 8.01. The summed E-state index contributed by atoms with van der Waals surface area (Å²) in [6.07, 6.45) is 4.50. The molecule has 0 bridgehead atoms. The molecule has 216 valence electrons. The van der Waals surface area contributed by atoms with Crippen LogP contribution in [0.1, 0.15) is 55.2 Å². The van der Waals surface area contributed by atoms with E-state index >= 15 is 0 Å². The van der Waals surface area contributed by atoms with Gasteiger partial charge in [0.05, 0.1) is 27.5 Å². The van der Waals surface area contributed by atoms with Crippen LogP contribution >= 0.6 is 11.6 Å². The summed E-state index contributed by atoms with van der Waals surface area (Å²) in [6, 6.07) is 10.6. The Morgan fingerprint density at radius 1 is 1.19 bits per heavy atom. The lowest BCUT2D eigenvalue weighted by molar-refractivity contribution is -0.126. The summed E-state index contributed by atoms with van der Waals surface area (Å²) in [6.45, 7) is 13.0. The normalized spacial score (nSPS) is 15.3. The molecule has 0 radical (unpaired) electrons. The van der Waals surface area contributed by atoms with Crippen molar-refractivity contribution in [3.8, 4) is 16.9 Å². The lowest BCUT2D eigenvalue weighted by Crippen LogP contribution is -2.54. The van der Waals surface area contributed by atoms with E-state index in [2.05, 4.69) is 16.5 Å². The van der Waals surface area contributed by atoms with Crippen LogP contribution < -0.4 is 10.6 Å². The number of hydrogen-bond donors (Lipinski definition) is 0. The lowest BCUT2D eigenvalue weighted by Gasteiger charge is -2.40. The highest BCUT2D eigenvalue weighted by atomic mass is 35.5. The molecule has 0 aliphatic carbocycles. The van der Waals surface area contributed by atoms with Crippen LogP contribution in [0.5, 0.6) is 0 Å². The van der Waals surface area contributed by atoms with Gasteiger partial charge in [0.2, 0.25) is 5.91 Å². The van der Waals surface area contributed by atoms with E-state index in [1.165, 1.54) is 10.6 Å². The lowest BCUT2D eigenvalue weighted by atomic mass is 10.0. The molecule has 4 heterocycles. The Bertz CT molecular complexity index is 1770. The molecule has 1 aromatic carbocycles. The zero-order valence-electron chi connectivity index (χ0n) is 24.2. The molecule has 4 aromatic rings. The SMILES string of the molecule is C=CC(=O)N1CCN(c2nc(=O)n(-c3c(CC)ccnc3C(C)C)c3nc(-c4ccccc4C=O)c(Cl)cc23)[C@@H](C)C1. The van der Waals surface area contributed by atoms with Crippen molar-refractivity contribution in [1.29, 1.82) is 0 Å². The van der Waals surface area contributed by atoms with Gasteiger partial charge in [0.25, 0.3) is 0 Å². The van der Waals surface area contributed by atoms with Crippen molar-refractivity contribution in [3.63, 3.8) is 0 Å². The smallest absolute Gasteiger partial charge is 0.350 e. The number of carbonyl (C=O) groups is 2. The van der Waals surface area contributed by atoms with Gasteiger partial charge in [-0.05, 0) is 43.0 Å². The van der Waals surface area contributed by atoms with E-state index in [1.807, 2.05) is 44.7 Å². The summed E-state index contributed by atoms with van der Waals surface area (Å²) in [7, 11) is 0. The van der Waals surface area contributed by atoms with Gasteiger partial charge in [-0.2, -0.15) is 4.98 Å². The van der Waals surface area contributed by atoms with Crippen LogP contribution in [-0.2, 0) is 11.2 Å². The van der Waals surface area contributed by atoms with E-state index in [0.717, 1.165) is 17.5 Å². The number of aldehydes is 1. The first-order valence-corrected chi connectivity index (χ1v) is 14.4. The number of aryl methyl sites for hydroxylation is 1. The number of pyridine rings is 2. The molecule has 0 unspecified atom stereocenters. The maximum Gasteiger partial charge on any atom is 0.355 e. The Morgan fingerprint density at radius 3 is 2.62 bits per heavy atom. The Morgan fingerprint density at radius 2 is 1.95 bits per heavy atom. The molecular formula is C32H33ClN6O3. The second kappa shape index (κ2) is 11.9. The third-order valence-electron chi connectivity index (χ3n) is 7.72. The first-order valence-electron chi connectivity index (χ1n) is 14.0. The number of hydrogen-bond acceptors (Lipinski definition) is 7. The summed E-state index contributed by atoms with van der Waals surface area (Å²) >= 11 is 6.89. The summed E-state index contributed by atoms with van der Waals surface area (Å²) in [4.78, 5) is 56.4. The van der Waals surface area contributed by atoms with Gasteiger partial charge in [0.1, 0.15) is 5.82 Å². The molecule has 1 saturated heterocycles. The number of benzene rings is 1. The molecule has 3 aromatic heterocycles. The molecule has 1 atom stereocenters. The first-order chi connectivity index (χ1) is 20.2. The maximum atomic E-state index is 14.1. The number of fused-ring (bicyclic) bond motifs is 1. The van der Waals surface area contributed by atoms with Gasteiger partial charge < -0.3 is 9.80 Å². The fourth-order valence-electron chi connectivity index (χ4n) is 5.61. The summed E-state index contributed by atoms with van der Waals surface area (Å²) in [5, 5.41) is 0.909. The van der Waals surface area contributed by atoms with Crippen molar-refractivity contribution in [3.05, 3.63) is 87.6 Å². The number of rotatable bonds is 7. The highest BCUT2D eigenvalue weighted by Crippen LogP contribution is 2.36. The number of anilines is 1. The zero-order valence-corrected chi connectivity index (χ0v) is 24.9. The molecule has 9 nitrogen and oxygen atoms in total. The molecule has 1 aliphatic heterocycles. The quantitative estimate of drug-likeness (QED) is 0.217. The molecule has 0 spiro atoms. The van der Waals surface area contributed by atoms with Crippen molar-refractivity contribution in [1.82, 2.24) is 24.4 Å². The summed E-state index contributed by atoms with van der Waals surface area (Å²) in [5.74, 6) is 0.330. The van der Waals surface area contributed by atoms with Crippen LogP contribution in [0, 0.1) is 0 Å². The predicted octanol–water partition coefficient (Wildman–Crippen LogP) is 5.22. The topological polar surface area (TPSA) is 101 Å². The Kier molecular flexibility index (Phi) is 8.22. The molecule has 0 saturated carbocycles. The number of halogens is 1. The predicted molar refractivity (Wildman–Crippen MR) is 166 cm³/mol. The minimum Gasteiger partial charge on any atom is -0.350 e. The molecule has 1 fully saturated rings.